The van der Waals surface area contributed by atoms with Crippen LogP contribution in [0.25, 0.3) is 0 Å². The molecule has 1 rings (SSSR count). The zero-order chi connectivity index (χ0) is 12.3. The lowest BCUT2D eigenvalue weighted by Crippen LogP contribution is -2.13. The maximum absolute atomic E-state index is 10.7. The lowest BCUT2D eigenvalue weighted by Gasteiger charge is -2.14. The lowest BCUT2D eigenvalue weighted by atomic mass is 9.97. The standard InChI is InChI=1S/C11H15ClN2O2.ClH/c1-7(2)5-10(13)8-3-4-9(12)11(6-8)14(15)16;/h3-4,6-7,10H,5,13H2,1-2H3;1H/t10-;/m1./s1. The number of hydrogen-bond donors (Lipinski definition) is 1. The molecule has 0 aromatic heterocycles. The first kappa shape index (κ1) is 16.2. The average molecular weight is 279 g/mol. The zero-order valence-corrected chi connectivity index (χ0v) is 11.3. The van der Waals surface area contributed by atoms with Crippen molar-refractivity contribution in [3.63, 3.8) is 0 Å². The normalized spacial score (nSPS) is 12.1. The molecule has 0 amide bonds. The van der Waals surface area contributed by atoms with E-state index in [0.717, 1.165) is 12.0 Å². The minimum absolute atomic E-state index is 0. The third-order valence-electron chi connectivity index (χ3n) is 2.32. The summed E-state index contributed by atoms with van der Waals surface area (Å²) in [5, 5.41) is 10.8. The number of halogens is 2. The van der Waals surface area contributed by atoms with Crippen LogP contribution in [0, 0.1) is 16.0 Å². The zero-order valence-electron chi connectivity index (χ0n) is 9.72. The van der Waals surface area contributed by atoms with Gasteiger partial charge in [-0.25, -0.2) is 0 Å². The molecule has 0 bridgehead atoms. The number of rotatable bonds is 4. The molecule has 4 nitrogen and oxygen atoms in total. The topological polar surface area (TPSA) is 69.2 Å². The van der Waals surface area contributed by atoms with Crippen LogP contribution >= 0.6 is 24.0 Å². The minimum atomic E-state index is -0.492. The van der Waals surface area contributed by atoms with E-state index in [1.165, 1.54) is 12.1 Å². The summed E-state index contributed by atoms with van der Waals surface area (Å²) in [5.41, 5.74) is 6.62. The molecule has 0 heterocycles. The number of nitro groups is 1. The molecule has 0 aliphatic rings. The summed E-state index contributed by atoms with van der Waals surface area (Å²) in [6, 6.07) is 4.53. The Balaban J connectivity index is 0.00000256. The molecular formula is C11H16Cl2N2O2. The van der Waals surface area contributed by atoms with Crippen LogP contribution in [0.4, 0.5) is 5.69 Å². The van der Waals surface area contributed by atoms with Crippen molar-refractivity contribution < 1.29 is 4.92 Å². The van der Waals surface area contributed by atoms with Crippen LogP contribution in [0.3, 0.4) is 0 Å². The molecule has 6 heteroatoms. The Morgan fingerprint density at radius 2 is 2.06 bits per heavy atom. The maximum atomic E-state index is 10.7. The van der Waals surface area contributed by atoms with Gasteiger partial charge in [0.15, 0.2) is 0 Å². The summed E-state index contributed by atoms with van der Waals surface area (Å²) in [4.78, 5) is 10.2. The van der Waals surface area contributed by atoms with E-state index in [1.54, 1.807) is 6.07 Å². The van der Waals surface area contributed by atoms with E-state index >= 15 is 0 Å². The van der Waals surface area contributed by atoms with Gasteiger partial charge in [-0.3, -0.25) is 10.1 Å². The first-order chi connectivity index (χ1) is 7.41. The monoisotopic (exact) mass is 278 g/mol. The fourth-order valence-corrected chi connectivity index (χ4v) is 1.73. The van der Waals surface area contributed by atoms with Gasteiger partial charge in [-0.05, 0) is 24.0 Å². The van der Waals surface area contributed by atoms with Gasteiger partial charge in [0.1, 0.15) is 5.02 Å². The predicted molar refractivity (Wildman–Crippen MR) is 71.7 cm³/mol. The predicted octanol–water partition coefficient (Wildman–Crippen LogP) is 3.72. The second-order valence-corrected chi connectivity index (χ2v) is 4.61. The molecule has 0 radical (unpaired) electrons. The highest BCUT2D eigenvalue weighted by Crippen LogP contribution is 2.28. The SMILES string of the molecule is CC(C)C[C@@H](N)c1ccc(Cl)c([N+](=O)[O-])c1.Cl. The molecule has 1 aromatic carbocycles. The van der Waals surface area contributed by atoms with Gasteiger partial charge in [-0.15, -0.1) is 12.4 Å². The van der Waals surface area contributed by atoms with Gasteiger partial charge in [-0.1, -0.05) is 31.5 Å². The van der Waals surface area contributed by atoms with Gasteiger partial charge in [0.05, 0.1) is 4.92 Å². The number of nitrogens with zero attached hydrogens (tertiary/aromatic N) is 1. The van der Waals surface area contributed by atoms with Crippen molar-refractivity contribution in [2.24, 2.45) is 11.7 Å². The van der Waals surface area contributed by atoms with Gasteiger partial charge in [0, 0.05) is 12.1 Å². The van der Waals surface area contributed by atoms with Gasteiger partial charge < -0.3 is 5.73 Å². The molecule has 1 aromatic rings. The highest BCUT2D eigenvalue weighted by molar-refractivity contribution is 6.32. The molecule has 0 fully saturated rings. The Kier molecular flexibility index (Phi) is 6.45. The van der Waals surface area contributed by atoms with Crippen molar-refractivity contribution in [3.05, 3.63) is 38.9 Å². The molecule has 17 heavy (non-hydrogen) atoms. The Labute approximate surface area is 112 Å². The van der Waals surface area contributed by atoms with Gasteiger partial charge in [0.2, 0.25) is 0 Å². The second kappa shape index (κ2) is 6.79. The molecule has 0 spiro atoms. The fourth-order valence-electron chi connectivity index (χ4n) is 1.54. The molecule has 0 saturated carbocycles. The van der Waals surface area contributed by atoms with E-state index in [9.17, 15) is 10.1 Å². The number of nitrogens with two attached hydrogens (primary N) is 1. The van der Waals surface area contributed by atoms with Crippen molar-refractivity contribution in [2.45, 2.75) is 26.3 Å². The maximum Gasteiger partial charge on any atom is 0.288 e. The Morgan fingerprint density at radius 1 is 1.47 bits per heavy atom. The highest BCUT2D eigenvalue weighted by Gasteiger charge is 2.16. The second-order valence-electron chi connectivity index (χ2n) is 4.20. The van der Waals surface area contributed by atoms with Crippen molar-refractivity contribution in [3.8, 4) is 0 Å². The van der Waals surface area contributed by atoms with Crippen LogP contribution in [-0.2, 0) is 0 Å². The van der Waals surface area contributed by atoms with Gasteiger partial charge in [0.25, 0.3) is 5.69 Å². The summed E-state index contributed by atoms with van der Waals surface area (Å²) in [6.45, 7) is 4.12. The summed E-state index contributed by atoms with van der Waals surface area (Å²) in [6.07, 6.45) is 0.790. The van der Waals surface area contributed by atoms with E-state index in [2.05, 4.69) is 13.8 Å². The minimum Gasteiger partial charge on any atom is -0.324 e. The number of hydrogen-bond acceptors (Lipinski definition) is 3. The molecule has 1 atom stereocenters. The lowest BCUT2D eigenvalue weighted by molar-refractivity contribution is -0.384. The Morgan fingerprint density at radius 3 is 2.53 bits per heavy atom. The highest BCUT2D eigenvalue weighted by atomic mass is 35.5. The molecule has 0 aliphatic heterocycles. The van der Waals surface area contributed by atoms with Crippen LogP contribution in [0.2, 0.25) is 5.02 Å². The van der Waals surface area contributed by atoms with Crippen LogP contribution < -0.4 is 5.73 Å². The first-order valence-electron chi connectivity index (χ1n) is 5.11. The van der Waals surface area contributed by atoms with Crippen molar-refractivity contribution in [1.82, 2.24) is 0 Å². The smallest absolute Gasteiger partial charge is 0.288 e. The molecule has 96 valence electrons. The Hall–Kier alpha value is -0.840. The Bertz CT molecular complexity index is 397. The number of benzene rings is 1. The third kappa shape index (κ3) is 4.50. The molecule has 0 aliphatic carbocycles. The van der Waals surface area contributed by atoms with Crippen molar-refractivity contribution in [2.75, 3.05) is 0 Å². The summed E-state index contributed by atoms with van der Waals surface area (Å²) < 4.78 is 0. The van der Waals surface area contributed by atoms with Gasteiger partial charge >= 0.3 is 0 Å². The van der Waals surface area contributed by atoms with E-state index in [0.29, 0.717) is 5.92 Å². The summed E-state index contributed by atoms with van der Waals surface area (Å²) in [7, 11) is 0. The van der Waals surface area contributed by atoms with Crippen LogP contribution in [0.15, 0.2) is 18.2 Å². The largest absolute Gasteiger partial charge is 0.324 e. The third-order valence-corrected chi connectivity index (χ3v) is 2.64. The average Bonchev–Trinajstić information content (AvgIpc) is 2.16. The summed E-state index contributed by atoms with van der Waals surface area (Å²) in [5.74, 6) is 0.449. The molecule has 0 unspecified atom stereocenters. The number of nitro benzene ring substituents is 1. The fraction of sp³-hybridized carbons (Fsp3) is 0.455. The first-order valence-corrected chi connectivity index (χ1v) is 5.49. The molecule has 2 N–H and O–H groups in total. The van der Waals surface area contributed by atoms with E-state index in [4.69, 9.17) is 17.3 Å². The van der Waals surface area contributed by atoms with E-state index < -0.39 is 4.92 Å². The van der Waals surface area contributed by atoms with Crippen molar-refractivity contribution >= 4 is 29.7 Å². The van der Waals surface area contributed by atoms with E-state index in [1.807, 2.05) is 0 Å². The van der Waals surface area contributed by atoms with Gasteiger partial charge in [-0.2, -0.15) is 0 Å². The molecule has 0 saturated heterocycles. The molecular weight excluding hydrogens is 263 g/mol. The quantitative estimate of drug-likeness (QED) is 0.674. The van der Waals surface area contributed by atoms with Crippen LogP contribution in [0.1, 0.15) is 31.9 Å². The van der Waals surface area contributed by atoms with Crippen LogP contribution in [0.5, 0.6) is 0 Å². The summed E-state index contributed by atoms with van der Waals surface area (Å²) >= 11 is 5.72. The van der Waals surface area contributed by atoms with E-state index in [-0.39, 0.29) is 29.2 Å². The van der Waals surface area contributed by atoms with Crippen molar-refractivity contribution in [1.29, 1.82) is 0 Å². The van der Waals surface area contributed by atoms with Crippen LogP contribution in [-0.4, -0.2) is 4.92 Å².